The molecule has 0 spiro atoms. The Morgan fingerprint density at radius 2 is 1.84 bits per heavy atom. The molecule has 2 N–H and O–H groups in total. The topological polar surface area (TPSA) is 67.0 Å². The first-order valence-corrected chi connectivity index (χ1v) is 10.8. The van der Waals surface area contributed by atoms with Crippen molar-refractivity contribution < 1.29 is 9.53 Å². The molecular formula is C25H24ClN3O2. The van der Waals surface area contributed by atoms with Crippen LogP contribution in [0.25, 0.3) is 11.3 Å². The maximum Gasteiger partial charge on any atom is 0.162 e. The Labute approximate surface area is 186 Å². The number of ketones is 1. The summed E-state index contributed by atoms with van der Waals surface area (Å²) in [6, 6.07) is 15.6. The molecule has 5 nitrogen and oxygen atoms in total. The van der Waals surface area contributed by atoms with Gasteiger partial charge in [0.15, 0.2) is 11.6 Å². The molecule has 0 radical (unpaired) electrons. The summed E-state index contributed by atoms with van der Waals surface area (Å²) in [5.74, 6) is 1.42. The van der Waals surface area contributed by atoms with Crippen molar-refractivity contribution in [1.82, 2.24) is 10.2 Å². The number of carbonyl (C=O) groups is 1. The molecule has 1 aliphatic carbocycles. The molecule has 1 atom stereocenters. The Kier molecular flexibility index (Phi) is 4.67. The van der Waals surface area contributed by atoms with Gasteiger partial charge in [-0.2, -0.15) is 5.10 Å². The van der Waals surface area contributed by atoms with Crippen LogP contribution in [0.2, 0.25) is 5.02 Å². The second-order valence-corrected chi connectivity index (χ2v) is 9.41. The average molecular weight is 434 g/mol. The van der Waals surface area contributed by atoms with Crippen LogP contribution in [-0.2, 0) is 4.79 Å². The molecule has 31 heavy (non-hydrogen) atoms. The van der Waals surface area contributed by atoms with Gasteiger partial charge in [-0.3, -0.25) is 9.89 Å². The summed E-state index contributed by atoms with van der Waals surface area (Å²) in [5, 5.41) is 11.9. The normalized spacial score (nSPS) is 19.5. The number of aromatic amines is 1. The lowest BCUT2D eigenvalue weighted by Gasteiger charge is -2.38. The molecule has 0 saturated carbocycles. The maximum atomic E-state index is 13.4. The second-order valence-electron chi connectivity index (χ2n) is 9.00. The van der Waals surface area contributed by atoms with Crippen LogP contribution in [0.1, 0.15) is 43.7 Å². The van der Waals surface area contributed by atoms with Gasteiger partial charge in [0.05, 0.1) is 12.8 Å². The smallest absolute Gasteiger partial charge is 0.162 e. The van der Waals surface area contributed by atoms with E-state index < -0.39 is 0 Å². The molecule has 6 heteroatoms. The van der Waals surface area contributed by atoms with Crippen molar-refractivity contribution in [3.8, 4) is 17.0 Å². The Morgan fingerprint density at radius 3 is 2.55 bits per heavy atom. The van der Waals surface area contributed by atoms with Crippen LogP contribution < -0.4 is 10.1 Å². The predicted octanol–water partition coefficient (Wildman–Crippen LogP) is 5.94. The Balaban J connectivity index is 1.73. The fraction of sp³-hybridized carbons (Fsp3) is 0.280. The lowest BCUT2D eigenvalue weighted by atomic mass is 9.69. The van der Waals surface area contributed by atoms with Crippen LogP contribution in [0.3, 0.4) is 0 Å². The number of Topliss-reactive ketones (excluding diaryl/α,β-unsaturated/α-hetero) is 1. The van der Waals surface area contributed by atoms with E-state index in [0.29, 0.717) is 11.4 Å². The molecule has 0 saturated heterocycles. The zero-order valence-electron chi connectivity index (χ0n) is 17.8. The largest absolute Gasteiger partial charge is 0.497 e. The van der Waals surface area contributed by atoms with E-state index in [9.17, 15) is 4.79 Å². The first-order valence-electron chi connectivity index (χ1n) is 10.4. The summed E-state index contributed by atoms with van der Waals surface area (Å²) in [7, 11) is 1.65. The van der Waals surface area contributed by atoms with Crippen molar-refractivity contribution in [2.24, 2.45) is 5.41 Å². The SMILES string of the molecule is COc1ccc(-c2[nH]nc3c2[C@H](c2ccccc2Cl)C2=C(CC(C)(C)CC2=O)N3)cc1. The lowest BCUT2D eigenvalue weighted by molar-refractivity contribution is -0.118. The Morgan fingerprint density at radius 1 is 1.10 bits per heavy atom. The van der Waals surface area contributed by atoms with Gasteiger partial charge in [0.25, 0.3) is 0 Å². The number of H-pyrrole nitrogens is 1. The van der Waals surface area contributed by atoms with Crippen molar-refractivity contribution >= 4 is 23.2 Å². The minimum atomic E-state index is -0.278. The molecule has 0 bridgehead atoms. The number of hydrogen-bond acceptors (Lipinski definition) is 4. The number of carbonyl (C=O) groups excluding carboxylic acids is 1. The fourth-order valence-corrected chi connectivity index (χ4v) is 5.04. The second kappa shape index (κ2) is 7.27. The maximum absolute atomic E-state index is 13.4. The van der Waals surface area contributed by atoms with E-state index in [0.717, 1.165) is 51.6 Å². The summed E-state index contributed by atoms with van der Waals surface area (Å²) in [4.78, 5) is 13.4. The van der Waals surface area contributed by atoms with Gasteiger partial charge in [-0.25, -0.2) is 0 Å². The van der Waals surface area contributed by atoms with Gasteiger partial charge in [-0.15, -0.1) is 0 Å². The highest BCUT2D eigenvalue weighted by Gasteiger charge is 2.43. The number of allylic oxidation sites excluding steroid dienone is 2. The van der Waals surface area contributed by atoms with Gasteiger partial charge in [-0.05, 0) is 47.7 Å². The minimum absolute atomic E-state index is 0.0967. The van der Waals surface area contributed by atoms with Crippen LogP contribution in [0.4, 0.5) is 5.82 Å². The van der Waals surface area contributed by atoms with Crippen LogP contribution in [0.5, 0.6) is 5.75 Å². The van der Waals surface area contributed by atoms with Crippen LogP contribution in [0, 0.1) is 5.41 Å². The molecule has 1 aromatic heterocycles. The molecule has 2 aliphatic rings. The summed E-state index contributed by atoms with van der Waals surface area (Å²) >= 11 is 6.66. The molecule has 2 aromatic carbocycles. The average Bonchev–Trinajstić information content (AvgIpc) is 3.15. The van der Waals surface area contributed by atoms with Crippen molar-refractivity contribution in [1.29, 1.82) is 0 Å². The number of ether oxygens (including phenoxy) is 1. The third-order valence-electron chi connectivity index (χ3n) is 6.17. The molecule has 158 valence electrons. The van der Waals surface area contributed by atoms with Gasteiger partial charge in [0.2, 0.25) is 0 Å². The third-order valence-corrected chi connectivity index (χ3v) is 6.51. The minimum Gasteiger partial charge on any atom is -0.497 e. The molecule has 2 heterocycles. The van der Waals surface area contributed by atoms with Crippen LogP contribution >= 0.6 is 11.6 Å². The molecule has 0 unspecified atom stereocenters. The van der Waals surface area contributed by atoms with Crippen LogP contribution in [0.15, 0.2) is 59.8 Å². The molecule has 0 amide bonds. The van der Waals surface area contributed by atoms with Crippen molar-refractivity contribution in [3.63, 3.8) is 0 Å². The lowest BCUT2D eigenvalue weighted by Crippen LogP contribution is -2.33. The number of fused-ring (bicyclic) bond motifs is 1. The number of nitrogens with one attached hydrogen (secondary N) is 2. The highest BCUT2D eigenvalue weighted by atomic mass is 35.5. The zero-order chi connectivity index (χ0) is 21.8. The van der Waals surface area contributed by atoms with E-state index in [4.69, 9.17) is 16.3 Å². The van der Waals surface area contributed by atoms with Crippen molar-refractivity contribution in [2.45, 2.75) is 32.6 Å². The van der Waals surface area contributed by atoms with Crippen LogP contribution in [-0.4, -0.2) is 23.1 Å². The summed E-state index contributed by atoms with van der Waals surface area (Å²) in [6.45, 7) is 4.26. The van der Waals surface area contributed by atoms with Gasteiger partial charge in [-0.1, -0.05) is 43.6 Å². The molecule has 0 fully saturated rings. The number of hydrogen-bond donors (Lipinski definition) is 2. The van der Waals surface area contributed by atoms with E-state index in [1.54, 1.807) is 7.11 Å². The number of nitrogens with zero attached hydrogens (tertiary/aromatic N) is 1. The van der Waals surface area contributed by atoms with E-state index in [-0.39, 0.29) is 17.1 Å². The number of halogens is 1. The first kappa shape index (κ1) is 19.9. The van der Waals surface area contributed by atoms with Crippen molar-refractivity contribution in [3.05, 3.63) is 76.0 Å². The van der Waals surface area contributed by atoms with Gasteiger partial charge in [0, 0.05) is 39.8 Å². The first-order chi connectivity index (χ1) is 14.9. The van der Waals surface area contributed by atoms with E-state index in [2.05, 4.69) is 29.4 Å². The van der Waals surface area contributed by atoms with E-state index in [1.165, 1.54) is 0 Å². The van der Waals surface area contributed by atoms with E-state index >= 15 is 0 Å². The molecule has 1 aliphatic heterocycles. The zero-order valence-corrected chi connectivity index (χ0v) is 18.5. The quantitative estimate of drug-likeness (QED) is 0.536. The predicted molar refractivity (Wildman–Crippen MR) is 123 cm³/mol. The van der Waals surface area contributed by atoms with Crippen molar-refractivity contribution in [2.75, 3.05) is 12.4 Å². The van der Waals surface area contributed by atoms with Gasteiger partial charge in [0.1, 0.15) is 5.75 Å². The number of rotatable bonds is 3. The van der Waals surface area contributed by atoms with Gasteiger partial charge >= 0.3 is 0 Å². The summed E-state index contributed by atoms with van der Waals surface area (Å²) in [5.41, 5.74) is 5.37. The highest BCUT2D eigenvalue weighted by Crippen LogP contribution is 2.51. The Bertz CT molecular complexity index is 1210. The number of aromatic nitrogens is 2. The standard InChI is InChI=1S/C25H24ClN3O2/c1-25(2)12-18-21(19(30)13-25)20(16-6-4-5-7-17(16)26)22-23(28-29-24(22)27-18)14-8-10-15(31-3)11-9-14/h4-11,20H,12-13H2,1-3H3,(H2,27,28,29)/t20-/m1/s1. The third kappa shape index (κ3) is 3.33. The highest BCUT2D eigenvalue weighted by molar-refractivity contribution is 6.31. The molecule has 3 aromatic rings. The van der Waals surface area contributed by atoms with E-state index in [1.807, 2.05) is 48.5 Å². The summed E-state index contributed by atoms with van der Waals surface area (Å²) < 4.78 is 5.30. The molecular weight excluding hydrogens is 410 g/mol. The number of anilines is 1. The summed E-state index contributed by atoms with van der Waals surface area (Å²) in [6.07, 6.45) is 1.30. The van der Waals surface area contributed by atoms with Gasteiger partial charge < -0.3 is 10.1 Å². The monoisotopic (exact) mass is 433 g/mol. The number of benzene rings is 2. The fourth-order valence-electron chi connectivity index (χ4n) is 4.79. The molecule has 5 rings (SSSR count). The Hall–Kier alpha value is -3.05. The number of methoxy groups -OCH3 is 1.